The van der Waals surface area contributed by atoms with E-state index >= 15 is 0 Å². The zero-order chi connectivity index (χ0) is 32.4. The molecule has 4 rings (SSSR count). The standard InChI is InChI=1S/C33H56O8S2Si/c1-23(20-37-21-24-12-14-25(35-7)15-13-24)19-33(42-16-11-17-43-33)28(34)26-18-27-29(41-31(5,6)39-27)32(36-8,40-26)22-38-44(9,10)30(2,3)4/h12-15,23,26-29,34H,11,16-22H2,1-10H3/t23-,26-,27-,28?,29-,32-/m1/s1. The number of methoxy groups -OCH3 is 2. The van der Waals surface area contributed by atoms with Gasteiger partial charge in [-0.15, -0.1) is 23.5 Å². The number of hydrogen-bond acceptors (Lipinski definition) is 10. The van der Waals surface area contributed by atoms with E-state index in [1.807, 2.05) is 61.6 Å². The molecular formula is C33H56O8S2Si. The van der Waals surface area contributed by atoms with Gasteiger partial charge >= 0.3 is 0 Å². The van der Waals surface area contributed by atoms with Gasteiger partial charge in [-0.05, 0) is 79.9 Å². The molecule has 44 heavy (non-hydrogen) atoms. The Morgan fingerprint density at radius 1 is 1.05 bits per heavy atom. The molecular weight excluding hydrogens is 617 g/mol. The lowest BCUT2D eigenvalue weighted by Crippen LogP contribution is -2.65. The lowest BCUT2D eigenvalue weighted by Gasteiger charge is -2.51. The van der Waals surface area contributed by atoms with E-state index in [9.17, 15) is 5.11 Å². The fraction of sp³-hybridized carbons (Fsp3) is 0.818. The molecule has 0 bridgehead atoms. The average Bonchev–Trinajstić information content (AvgIpc) is 3.30. The highest BCUT2D eigenvalue weighted by Gasteiger charge is 2.62. The molecule has 3 heterocycles. The molecule has 0 saturated carbocycles. The summed E-state index contributed by atoms with van der Waals surface area (Å²) in [5.74, 6) is 1.08. The van der Waals surface area contributed by atoms with Gasteiger partial charge in [0.15, 0.2) is 14.1 Å². The maximum atomic E-state index is 12.3. The Hall–Kier alpha value is -0.343. The average molecular weight is 673 g/mol. The first-order valence-electron chi connectivity index (χ1n) is 15.9. The minimum atomic E-state index is -2.14. The van der Waals surface area contributed by atoms with Gasteiger partial charge in [0.2, 0.25) is 5.79 Å². The number of thioether (sulfide) groups is 2. The molecule has 0 aromatic heterocycles. The van der Waals surface area contributed by atoms with Crippen LogP contribution in [0.15, 0.2) is 24.3 Å². The number of ether oxygens (including phenoxy) is 6. The van der Waals surface area contributed by atoms with Gasteiger partial charge in [-0.25, -0.2) is 0 Å². The van der Waals surface area contributed by atoms with Gasteiger partial charge in [0.05, 0.1) is 36.6 Å². The van der Waals surface area contributed by atoms with Crippen LogP contribution in [0.5, 0.6) is 5.75 Å². The van der Waals surface area contributed by atoms with Crippen LogP contribution < -0.4 is 4.74 Å². The minimum absolute atomic E-state index is 0.0201. The van der Waals surface area contributed by atoms with Gasteiger partial charge in [0.25, 0.3) is 0 Å². The van der Waals surface area contributed by atoms with E-state index in [1.165, 1.54) is 0 Å². The summed E-state index contributed by atoms with van der Waals surface area (Å²) in [6, 6.07) is 7.97. The maximum Gasteiger partial charge on any atom is 0.220 e. The van der Waals surface area contributed by atoms with E-state index in [0.29, 0.717) is 19.6 Å². The van der Waals surface area contributed by atoms with Gasteiger partial charge in [-0.2, -0.15) is 0 Å². The van der Waals surface area contributed by atoms with E-state index in [1.54, 1.807) is 14.2 Å². The molecule has 1 unspecified atom stereocenters. The normalized spacial score (nSPS) is 30.0. The molecule has 1 aromatic carbocycles. The van der Waals surface area contributed by atoms with Gasteiger partial charge < -0.3 is 38.0 Å². The van der Waals surface area contributed by atoms with Gasteiger partial charge in [0.1, 0.15) is 18.0 Å². The smallest absolute Gasteiger partial charge is 0.220 e. The molecule has 252 valence electrons. The summed E-state index contributed by atoms with van der Waals surface area (Å²) in [6.07, 6.45) is 0.413. The number of fused-ring (bicyclic) bond motifs is 1. The number of benzene rings is 1. The minimum Gasteiger partial charge on any atom is -0.497 e. The Morgan fingerprint density at radius 3 is 2.30 bits per heavy atom. The first kappa shape index (κ1) is 36.5. The van der Waals surface area contributed by atoms with E-state index < -0.39 is 42.3 Å². The molecule has 3 fully saturated rings. The van der Waals surface area contributed by atoms with Crippen molar-refractivity contribution < 1.29 is 38.0 Å². The number of aliphatic hydroxyl groups excluding tert-OH is 1. The Labute approximate surface area is 275 Å². The SMILES string of the molecule is COc1ccc(COC[C@H](C)CC2(C(O)[C@H]3C[C@H]4OC(C)(C)O[C@H]4[C@](CO[Si](C)(C)C(C)(C)C)(OC)O3)SCCCS2)cc1. The van der Waals surface area contributed by atoms with Crippen LogP contribution in [0.2, 0.25) is 18.1 Å². The molecule has 1 aromatic rings. The number of rotatable bonds is 13. The monoisotopic (exact) mass is 672 g/mol. The zero-order valence-electron chi connectivity index (χ0n) is 28.5. The molecule has 0 amide bonds. The predicted molar refractivity (Wildman–Crippen MR) is 181 cm³/mol. The summed E-state index contributed by atoms with van der Waals surface area (Å²) in [4.78, 5) is 0. The zero-order valence-corrected chi connectivity index (χ0v) is 31.1. The van der Waals surface area contributed by atoms with Crippen molar-refractivity contribution in [1.29, 1.82) is 0 Å². The van der Waals surface area contributed by atoms with Gasteiger partial charge in [-0.3, -0.25) is 0 Å². The molecule has 6 atom stereocenters. The fourth-order valence-corrected chi connectivity index (χ4v) is 10.7. The van der Waals surface area contributed by atoms with E-state index in [2.05, 4.69) is 40.8 Å². The Kier molecular flexibility index (Phi) is 12.0. The van der Waals surface area contributed by atoms with Crippen LogP contribution in [-0.4, -0.2) is 92.4 Å². The second-order valence-corrected chi connectivity index (χ2v) is 22.4. The highest BCUT2D eigenvalue weighted by Crippen LogP contribution is 2.53. The van der Waals surface area contributed by atoms with Gasteiger partial charge in [-0.1, -0.05) is 39.8 Å². The van der Waals surface area contributed by atoms with Crippen molar-refractivity contribution in [2.24, 2.45) is 5.92 Å². The first-order valence-corrected chi connectivity index (χ1v) is 20.8. The highest BCUT2D eigenvalue weighted by molar-refractivity contribution is 8.18. The third-order valence-corrected chi connectivity index (χ3v) is 17.4. The van der Waals surface area contributed by atoms with Crippen molar-refractivity contribution in [3.05, 3.63) is 29.8 Å². The topological polar surface area (TPSA) is 84.8 Å². The summed E-state index contributed by atoms with van der Waals surface area (Å²) in [6.45, 7) is 18.5. The van der Waals surface area contributed by atoms with E-state index in [-0.39, 0.29) is 23.7 Å². The second-order valence-electron chi connectivity index (χ2n) is 14.5. The molecule has 3 aliphatic rings. The third kappa shape index (κ3) is 8.38. The maximum absolute atomic E-state index is 12.3. The molecule has 1 N–H and O–H groups in total. The Morgan fingerprint density at radius 2 is 1.70 bits per heavy atom. The molecule has 11 heteroatoms. The lowest BCUT2D eigenvalue weighted by molar-refractivity contribution is -0.338. The largest absolute Gasteiger partial charge is 0.497 e. The van der Waals surface area contributed by atoms with Crippen LogP contribution in [0.1, 0.15) is 66.4 Å². The predicted octanol–water partition coefficient (Wildman–Crippen LogP) is 6.84. The summed E-state index contributed by atoms with van der Waals surface area (Å²) in [5, 5.41) is 12.3. The van der Waals surface area contributed by atoms with Crippen LogP contribution in [0, 0.1) is 5.92 Å². The molecule has 8 nitrogen and oxygen atoms in total. The number of hydrogen-bond donors (Lipinski definition) is 1. The molecule has 3 aliphatic heterocycles. The van der Waals surface area contributed by atoms with Crippen LogP contribution in [-0.2, 0) is 34.7 Å². The summed E-state index contributed by atoms with van der Waals surface area (Å²) in [5.41, 5.74) is 1.11. The Balaban J connectivity index is 1.50. The van der Waals surface area contributed by atoms with Crippen molar-refractivity contribution in [3.63, 3.8) is 0 Å². The highest BCUT2D eigenvalue weighted by atomic mass is 32.2. The van der Waals surface area contributed by atoms with Crippen LogP contribution in [0.4, 0.5) is 0 Å². The van der Waals surface area contributed by atoms with E-state index in [0.717, 1.165) is 35.7 Å². The van der Waals surface area contributed by atoms with Crippen LogP contribution in [0.25, 0.3) is 0 Å². The van der Waals surface area contributed by atoms with Crippen LogP contribution in [0.3, 0.4) is 0 Å². The quantitative estimate of drug-likeness (QED) is 0.225. The summed E-state index contributed by atoms with van der Waals surface area (Å²) >= 11 is 3.71. The van der Waals surface area contributed by atoms with Gasteiger partial charge in [0, 0.05) is 20.1 Å². The molecule has 0 spiro atoms. The third-order valence-electron chi connectivity index (χ3n) is 9.47. The lowest BCUT2D eigenvalue weighted by atomic mass is 9.90. The van der Waals surface area contributed by atoms with Crippen molar-refractivity contribution in [2.45, 2.75) is 126 Å². The first-order chi connectivity index (χ1) is 20.6. The van der Waals surface area contributed by atoms with Crippen molar-refractivity contribution in [1.82, 2.24) is 0 Å². The molecule has 0 aliphatic carbocycles. The van der Waals surface area contributed by atoms with Crippen molar-refractivity contribution >= 4 is 31.8 Å². The summed E-state index contributed by atoms with van der Waals surface area (Å²) in [7, 11) is 1.18. The Bertz CT molecular complexity index is 1060. The molecule has 3 saturated heterocycles. The molecule has 0 radical (unpaired) electrons. The fourth-order valence-electron chi connectivity index (χ4n) is 5.94. The summed E-state index contributed by atoms with van der Waals surface area (Å²) < 4.78 is 43.6. The second kappa shape index (κ2) is 14.4. The van der Waals surface area contributed by atoms with Crippen LogP contribution >= 0.6 is 23.5 Å². The van der Waals surface area contributed by atoms with Crippen molar-refractivity contribution in [2.75, 3.05) is 38.9 Å². The number of aliphatic hydroxyl groups is 1. The van der Waals surface area contributed by atoms with Crippen molar-refractivity contribution in [3.8, 4) is 5.75 Å². The van der Waals surface area contributed by atoms with E-state index in [4.69, 9.17) is 32.8 Å².